The normalized spacial score (nSPS) is 12.4. The second-order valence-electron chi connectivity index (χ2n) is 6.17. The molecule has 0 saturated heterocycles. The zero-order valence-electron chi connectivity index (χ0n) is 14.4. The Morgan fingerprint density at radius 1 is 1.12 bits per heavy atom. The number of benzene rings is 2. The van der Waals surface area contributed by atoms with Crippen LogP contribution in [0.5, 0.6) is 0 Å². The number of aromatic nitrogens is 2. The summed E-state index contributed by atoms with van der Waals surface area (Å²) in [5.41, 5.74) is 2.42. The van der Waals surface area contributed by atoms with Crippen molar-refractivity contribution in [1.82, 2.24) is 19.8 Å². The molecule has 1 aromatic heterocycles. The summed E-state index contributed by atoms with van der Waals surface area (Å²) in [7, 11) is 3.75. The van der Waals surface area contributed by atoms with E-state index in [1.807, 2.05) is 73.6 Å². The van der Waals surface area contributed by atoms with Crippen LogP contribution in [-0.4, -0.2) is 41.0 Å². The predicted octanol–water partition coefficient (Wildman–Crippen LogP) is 1.75. The van der Waals surface area contributed by atoms with E-state index < -0.39 is 0 Å². The summed E-state index contributed by atoms with van der Waals surface area (Å²) in [6, 6.07) is 16.8. The van der Waals surface area contributed by atoms with Gasteiger partial charge in [-0.25, -0.2) is 4.79 Å². The molecule has 0 aliphatic rings. The number of H-pyrrole nitrogens is 1. The molecule has 0 radical (unpaired) electrons. The number of fused-ring (bicyclic) bond motifs is 1. The lowest BCUT2D eigenvalue weighted by molar-refractivity contribution is -0.125. The first-order chi connectivity index (χ1) is 12.1. The first-order valence-corrected chi connectivity index (χ1v) is 8.24. The topological polar surface area (TPSA) is 70.1 Å². The lowest BCUT2D eigenvalue weighted by atomic mass is 10.1. The fraction of sp³-hybridized carbons (Fsp3) is 0.263. The molecule has 3 aromatic rings. The van der Waals surface area contributed by atoms with Crippen molar-refractivity contribution in [1.29, 1.82) is 0 Å². The number of imidazole rings is 1. The van der Waals surface area contributed by atoms with Crippen molar-refractivity contribution in [2.24, 2.45) is 0 Å². The van der Waals surface area contributed by atoms with E-state index in [-0.39, 0.29) is 17.6 Å². The van der Waals surface area contributed by atoms with E-state index in [0.29, 0.717) is 13.1 Å². The van der Waals surface area contributed by atoms with Crippen molar-refractivity contribution < 1.29 is 4.79 Å². The van der Waals surface area contributed by atoms with E-state index >= 15 is 0 Å². The molecule has 1 atom stereocenters. The second kappa shape index (κ2) is 7.36. The third-order valence-corrected chi connectivity index (χ3v) is 4.20. The summed E-state index contributed by atoms with van der Waals surface area (Å²) in [6.45, 7) is 0.807. The third kappa shape index (κ3) is 3.64. The van der Waals surface area contributed by atoms with Crippen molar-refractivity contribution in [3.63, 3.8) is 0 Å². The Morgan fingerprint density at radius 3 is 2.52 bits per heavy atom. The number of para-hydroxylation sites is 2. The third-order valence-electron chi connectivity index (χ3n) is 4.20. The van der Waals surface area contributed by atoms with Gasteiger partial charge in [0.25, 0.3) is 0 Å². The van der Waals surface area contributed by atoms with Gasteiger partial charge in [-0.2, -0.15) is 0 Å². The van der Waals surface area contributed by atoms with Crippen LogP contribution >= 0.6 is 0 Å². The van der Waals surface area contributed by atoms with E-state index in [4.69, 9.17) is 0 Å². The molecule has 0 fully saturated rings. The minimum Gasteiger partial charge on any atom is -0.353 e. The highest BCUT2D eigenvalue weighted by Crippen LogP contribution is 2.17. The molecule has 1 amide bonds. The molecule has 0 saturated carbocycles. The summed E-state index contributed by atoms with van der Waals surface area (Å²) >= 11 is 0. The first-order valence-electron chi connectivity index (χ1n) is 8.24. The molecule has 0 spiro atoms. The Labute approximate surface area is 146 Å². The van der Waals surface area contributed by atoms with Crippen molar-refractivity contribution in [2.45, 2.75) is 12.6 Å². The number of likely N-dealkylation sites (N-methyl/N-ethyl adjacent to an activating group) is 1. The molecule has 6 nitrogen and oxygen atoms in total. The zero-order valence-corrected chi connectivity index (χ0v) is 14.4. The number of aromatic amines is 1. The van der Waals surface area contributed by atoms with Gasteiger partial charge in [-0.1, -0.05) is 42.5 Å². The van der Waals surface area contributed by atoms with E-state index in [1.54, 1.807) is 4.57 Å². The van der Waals surface area contributed by atoms with Gasteiger partial charge in [0.2, 0.25) is 5.91 Å². The SMILES string of the molecule is CN(C)C(C(=O)NCCn1c(=O)[nH]c2ccccc21)c1ccccc1. The maximum atomic E-state index is 12.6. The molecule has 0 aliphatic carbocycles. The number of nitrogens with one attached hydrogen (secondary N) is 2. The summed E-state index contributed by atoms with van der Waals surface area (Å²) in [5.74, 6) is -0.0795. The van der Waals surface area contributed by atoms with Crippen LogP contribution in [0.2, 0.25) is 0 Å². The lowest BCUT2D eigenvalue weighted by Gasteiger charge is -2.23. The van der Waals surface area contributed by atoms with Gasteiger partial charge in [0.15, 0.2) is 0 Å². The van der Waals surface area contributed by atoms with Crippen LogP contribution in [0.15, 0.2) is 59.4 Å². The largest absolute Gasteiger partial charge is 0.353 e. The highest BCUT2D eigenvalue weighted by atomic mass is 16.2. The molecular formula is C19H22N4O2. The van der Waals surface area contributed by atoms with Crippen LogP contribution in [0.25, 0.3) is 11.0 Å². The average molecular weight is 338 g/mol. The molecule has 6 heteroatoms. The molecular weight excluding hydrogens is 316 g/mol. The Morgan fingerprint density at radius 2 is 1.80 bits per heavy atom. The maximum Gasteiger partial charge on any atom is 0.326 e. The molecule has 2 aromatic carbocycles. The fourth-order valence-electron chi connectivity index (χ4n) is 3.04. The molecule has 3 rings (SSSR count). The summed E-state index contributed by atoms with van der Waals surface area (Å²) < 4.78 is 1.64. The van der Waals surface area contributed by atoms with Crippen LogP contribution < -0.4 is 11.0 Å². The smallest absolute Gasteiger partial charge is 0.326 e. The Hall–Kier alpha value is -2.86. The molecule has 1 heterocycles. The number of rotatable bonds is 6. The van der Waals surface area contributed by atoms with E-state index in [1.165, 1.54) is 0 Å². The summed E-state index contributed by atoms with van der Waals surface area (Å²) in [5, 5.41) is 2.94. The number of carbonyl (C=O) groups is 1. The number of nitrogens with zero attached hydrogens (tertiary/aromatic N) is 2. The quantitative estimate of drug-likeness (QED) is 0.719. The molecule has 1 unspecified atom stereocenters. The lowest BCUT2D eigenvalue weighted by Crippen LogP contribution is -2.39. The van der Waals surface area contributed by atoms with Gasteiger partial charge in [-0.05, 0) is 31.8 Å². The second-order valence-corrected chi connectivity index (χ2v) is 6.17. The van der Waals surface area contributed by atoms with E-state index in [9.17, 15) is 9.59 Å². The highest BCUT2D eigenvalue weighted by molar-refractivity contribution is 5.83. The van der Waals surface area contributed by atoms with E-state index in [2.05, 4.69) is 10.3 Å². The van der Waals surface area contributed by atoms with Gasteiger partial charge in [0.05, 0.1) is 11.0 Å². The number of hydrogen-bond donors (Lipinski definition) is 2. The van der Waals surface area contributed by atoms with Crippen LogP contribution in [0.3, 0.4) is 0 Å². The molecule has 25 heavy (non-hydrogen) atoms. The fourth-order valence-corrected chi connectivity index (χ4v) is 3.04. The van der Waals surface area contributed by atoms with Gasteiger partial charge in [-0.3, -0.25) is 14.3 Å². The Balaban J connectivity index is 1.69. The van der Waals surface area contributed by atoms with Crippen LogP contribution in [-0.2, 0) is 11.3 Å². The van der Waals surface area contributed by atoms with Gasteiger partial charge >= 0.3 is 5.69 Å². The maximum absolute atomic E-state index is 12.6. The van der Waals surface area contributed by atoms with Crippen LogP contribution in [0.4, 0.5) is 0 Å². The first kappa shape index (κ1) is 17.0. The van der Waals surface area contributed by atoms with Gasteiger partial charge in [-0.15, -0.1) is 0 Å². The van der Waals surface area contributed by atoms with Crippen molar-refractivity contribution in [3.05, 3.63) is 70.6 Å². The number of hydrogen-bond acceptors (Lipinski definition) is 3. The molecule has 0 bridgehead atoms. The minimum atomic E-state index is -0.360. The molecule has 0 aliphatic heterocycles. The van der Waals surface area contributed by atoms with Crippen LogP contribution in [0.1, 0.15) is 11.6 Å². The monoisotopic (exact) mass is 338 g/mol. The van der Waals surface area contributed by atoms with Gasteiger partial charge < -0.3 is 10.3 Å². The average Bonchev–Trinajstić information content (AvgIpc) is 2.91. The molecule has 2 N–H and O–H groups in total. The van der Waals surface area contributed by atoms with Crippen molar-refractivity contribution in [3.8, 4) is 0 Å². The predicted molar refractivity (Wildman–Crippen MR) is 98.4 cm³/mol. The highest BCUT2D eigenvalue weighted by Gasteiger charge is 2.22. The Bertz CT molecular complexity index is 912. The summed E-state index contributed by atoms with van der Waals surface area (Å²) in [6.07, 6.45) is 0. The number of carbonyl (C=O) groups excluding carboxylic acids is 1. The minimum absolute atomic E-state index is 0.0795. The Kier molecular flexibility index (Phi) is 5.00. The standard InChI is InChI=1S/C19H22N4O2/c1-22(2)17(14-8-4-3-5-9-14)18(24)20-12-13-23-16-11-7-6-10-15(16)21-19(23)25/h3-11,17H,12-13H2,1-2H3,(H,20,24)(H,21,25). The van der Waals surface area contributed by atoms with Gasteiger partial charge in [0.1, 0.15) is 6.04 Å². The molecule has 130 valence electrons. The van der Waals surface area contributed by atoms with Gasteiger partial charge in [0, 0.05) is 13.1 Å². The summed E-state index contributed by atoms with van der Waals surface area (Å²) in [4.78, 5) is 29.4. The van der Waals surface area contributed by atoms with Crippen molar-refractivity contribution >= 4 is 16.9 Å². The van der Waals surface area contributed by atoms with Crippen LogP contribution in [0, 0.1) is 0 Å². The zero-order chi connectivity index (χ0) is 17.8. The number of amides is 1. The van der Waals surface area contributed by atoms with Crippen molar-refractivity contribution in [2.75, 3.05) is 20.6 Å². The van der Waals surface area contributed by atoms with E-state index in [0.717, 1.165) is 16.6 Å².